The Morgan fingerprint density at radius 3 is 2.89 bits per heavy atom. The molecule has 0 aliphatic carbocycles. The molecule has 1 aromatic heterocycles. The van der Waals surface area contributed by atoms with Gasteiger partial charge >= 0.3 is 0 Å². The molecule has 1 aromatic rings. The van der Waals surface area contributed by atoms with E-state index in [-0.39, 0.29) is 5.91 Å². The minimum atomic E-state index is 0.146. The monoisotopic (exact) mass is 247 g/mol. The summed E-state index contributed by atoms with van der Waals surface area (Å²) in [5.41, 5.74) is 2.09. The predicted molar refractivity (Wildman–Crippen MR) is 68.9 cm³/mol. The van der Waals surface area contributed by atoms with E-state index in [0.717, 1.165) is 11.3 Å². The van der Waals surface area contributed by atoms with Crippen LogP contribution in [0.1, 0.15) is 11.3 Å². The lowest BCUT2D eigenvalue weighted by molar-refractivity contribution is -0.691. The smallest absolute Gasteiger partial charge is 0.288 e. The van der Waals surface area contributed by atoms with Gasteiger partial charge in [-0.1, -0.05) is 12.7 Å². The molecule has 0 aromatic carbocycles. The number of rotatable bonds is 3. The van der Waals surface area contributed by atoms with Gasteiger partial charge < -0.3 is 9.64 Å². The number of amides is 1. The molecule has 0 saturated carbocycles. The zero-order valence-corrected chi connectivity index (χ0v) is 10.8. The topological polar surface area (TPSA) is 33.4 Å². The lowest BCUT2D eigenvalue weighted by atomic mass is 10.2. The number of aromatic nitrogens is 1. The number of hydrogen-bond acceptors (Lipinski definition) is 2. The Bertz CT molecular complexity index is 451. The summed E-state index contributed by atoms with van der Waals surface area (Å²) in [6.45, 7) is 8.80. The molecule has 0 atom stereocenters. The quantitative estimate of drug-likeness (QED) is 0.740. The molecule has 0 radical (unpaired) electrons. The zero-order valence-electron chi connectivity index (χ0n) is 10.8. The largest absolute Gasteiger partial charge is 0.378 e. The van der Waals surface area contributed by atoms with Crippen LogP contribution in [0.2, 0.25) is 0 Å². The highest BCUT2D eigenvalue weighted by atomic mass is 16.5. The fourth-order valence-electron chi connectivity index (χ4n) is 1.99. The minimum Gasteiger partial charge on any atom is -0.378 e. The van der Waals surface area contributed by atoms with E-state index in [1.165, 1.54) is 0 Å². The lowest BCUT2D eigenvalue weighted by Gasteiger charge is -2.25. The molecule has 2 rings (SSSR count). The summed E-state index contributed by atoms with van der Waals surface area (Å²) in [5, 5.41) is 0. The Morgan fingerprint density at radius 1 is 1.50 bits per heavy atom. The summed E-state index contributed by atoms with van der Waals surface area (Å²) in [7, 11) is 0. The van der Waals surface area contributed by atoms with Gasteiger partial charge in [-0.15, -0.1) is 0 Å². The lowest BCUT2D eigenvalue weighted by Crippen LogP contribution is -2.49. The molecule has 1 fully saturated rings. The van der Waals surface area contributed by atoms with E-state index in [9.17, 15) is 4.79 Å². The van der Waals surface area contributed by atoms with E-state index in [0.29, 0.717) is 32.8 Å². The molecule has 0 bridgehead atoms. The molecule has 2 heterocycles. The average Bonchev–Trinajstić information content (AvgIpc) is 2.42. The second-order valence-corrected chi connectivity index (χ2v) is 4.43. The van der Waals surface area contributed by atoms with Crippen LogP contribution in [0.5, 0.6) is 0 Å². The molecular formula is C14H19N2O2+. The van der Waals surface area contributed by atoms with Crippen molar-refractivity contribution in [2.75, 3.05) is 26.3 Å². The van der Waals surface area contributed by atoms with Crippen LogP contribution >= 0.6 is 0 Å². The standard InChI is InChI=1S/C14H19N2O2/c1-3-13-5-4-12(2)16(10-13)11-14(17)15-6-8-18-9-7-15/h3-5,10H,1,6-9,11H2,2H3/q+1. The third-order valence-electron chi connectivity index (χ3n) is 3.18. The number of nitrogens with zero attached hydrogens (tertiary/aromatic N) is 2. The number of carbonyl (C=O) groups excluding carboxylic acids is 1. The van der Waals surface area contributed by atoms with E-state index >= 15 is 0 Å². The molecule has 1 aliphatic heterocycles. The van der Waals surface area contributed by atoms with Gasteiger partial charge in [0.1, 0.15) is 0 Å². The van der Waals surface area contributed by atoms with Crippen LogP contribution < -0.4 is 4.57 Å². The van der Waals surface area contributed by atoms with Crippen molar-refractivity contribution < 1.29 is 14.1 Å². The van der Waals surface area contributed by atoms with Crippen molar-refractivity contribution in [1.29, 1.82) is 0 Å². The summed E-state index contributed by atoms with van der Waals surface area (Å²) in [4.78, 5) is 14.0. The molecule has 0 spiro atoms. The Morgan fingerprint density at radius 2 is 2.22 bits per heavy atom. The zero-order chi connectivity index (χ0) is 13.0. The van der Waals surface area contributed by atoms with Crippen molar-refractivity contribution in [3.05, 3.63) is 36.2 Å². The van der Waals surface area contributed by atoms with E-state index in [1.807, 2.05) is 34.7 Å². The van der Waals surface area contributed by atoms with Gasteiger partial charge in [0.05, 0.1) is 13.2 Å². The van der Waals surface area contributed by atoms with Crippen molar-refractivity contribution in [2.45, 2.75) is 13.5 Å². The van der Waals surface area contributed by atoms with E-state index in [2.05, 4.69) is 6.58 Å². The van der Waals surface area contributed by atoms with Crippen LogP contribution in [-0.4, -0.2) is 37.1 Å². The summed E-state index contributed by atoms with van der Waals surface area (Å²) in [5.74, 6) is 0.146. The second kappa shape index (κ2) is 5.78. The summed E-state index contributed by atoms with van der Waals surface area (Å²) in [6, 6.07) is 4.00. The Balaban J connectivity index is 2.07. The van der Waals surface area contributed by atoms with Crippen LogP contribution in [0.25, 0.3) is 6.08 Å². The fourth-order valence-corrected chi connectivity index (χ4v) is 1.99. The minimum absolute atomic E-state index is 0.146. The fraction of sp³-hybridized carbons (Fsp3) is 0.429. The van der Waals surface area contributed by atoms with Crippen molar-refractivity contribution >= 4 is 12.0 Å². The maximum absolute atomic E-state index is 12.1. The first-order valence-corrected chi connectivity index (χ1v) is 6.19. The maximum Gasteiger partial charge on any atom is 0.288 e. The average molecular weight is 247 g/mol. The van der Waals surface area contributed by atoms with Crippen molar-refractivity contribution in [3.8, 4) is 0 Å². The van der Waals surface area contributed by atoms with Crippen molar-refractivity contribution in [3.63, 3.8) is 0 Å². The molecule has 4 heteroatoms. The van der Waals surface area contributed by atoms with Crippen molar-refractivity contribution in [1.82, 2.24) is 4.90 Å². The van der Waals surface area contributed by atoms with Gasteiger partial charge in [-0.3, -0.25) is 4.79 Å². The van der Waals surface area contributed by atoms with Crippen molar-refractivity contribution in [2.24, 2.45) is 0 Å². The number of hydrogen-bond donors (Lipinski definition) is 0. The third kappa shape index (κ3) is 2.96. The van der Waals surface area contributed by atoms with Gasteiger partial charge in [-0.2, -0.15) is 4.57 Å². The van der Waals surface area contributed by atoms with Crippen LogP contribution in [-0.2, 0) is 16.1 Å². The summed E-state index contributed by atoms with van der Waals surface area (Å²) < 4.78 is 7.21. The third-order valence-corrected chi connectivity index (χ3v) is 3.18. The molecule has 0 N–H and O–H groups in total. The first kappa shape index (κ1) is 12.8. The predicted octanol–water partition coefficient (Wildman–Crippen LogP) is 0.784. The molecule has 0 unspecified atom stereocenters. The van der Waals surface area contributed by atoms with Crippen LogP contribution in [0.15, 0.2) is 24.9 Å². The SMILES string of the molecule is C=Cc1ccc(C)[n+](CC(=O)N2CCOCC2)c1. The van der Waals surface area contributed by atoms with Crippen LogP contribution in [0.3, 0.4) is 0 Å². The Labute approximate surface area is 107 Å². The highest BCUT2D eigenvalue weighted by Gasteiger charge is 2.21. The van der Waals surface area contributed by atoms with Gasteiger partial charge in [-0.05, 0) is 6.07 Å². The van der Waals surface area contributed by atoms with E-state index < -0.39 is 0 Å². The number of carbonyl (C=O) groups is 1. The van der Waals surface area contributed by atoms with E-state index in [4.69, 9.17) is 4.74 Å². The van der Waals surface area contributed by atoms with Gasteiger partial charge in [-0.25, -0.2) is 0 Å². The van der Waals surface area contributed by atoms with Gasteiger partial charge in [0.25, 0.3) is 5.91 Å². The number of pyridine rings is 1. The molecule has 1 saturated heterocycles. The van der Waals surface area contributed by atoms with Crippen LogP contribution in [0, 0.1) is 6.92 Å². The molecule has 1 aliphatic rings. The highest BCUT2D eigenvalue weighted by Crippen LogP contribution is 2.01. The molecular weight excluding hydrogens is 228 g/mol. The molecule has 4 nitrogen and oxygen atoms in total. The second-order valence-electron chi connectivity index (χ2n) is 4.43. The summed E-state index contributed by atoms with van der Waals surface area (Å²) in [6.07, 6.45) is 3.75. The highest BCUT2D eigenvalue weighted by molar-refractivity contribution is 5.74. The Hall–Kier alpha value is -1.68. The molecule has 1 amide bonds. The van der Waals surface area contributed by atoms with Crippen LogP contribution in [0.4, 0.5) is 0 Å². The number of ether oxygens (including phenoxy) is 1. The molecule has 96 valence electrons. The van der Waals surface area contributed by atoms with Gasteiger partial charge in [0, 0.05) is 31.6 Å². The maximum atomic E-state index is 12.1. The first-order chi connectivity index (χ1) is 8.70. The van der Waals surface area contributed by atoms with Gasteiger partial charge in [0.15, 0.2) is 11.9 Å². The van der Waals surface area contributed by atoms with E-state index in [1.54, 1.807) is 6.08 Å². The van der Waals surface area contributed by atoms with Gasteiger partial charge in [0.2, 0.25) is 6.54 Å². The normalized spacial score (nSPS) is 15.5. The summed E-state index contributed by atoms with van der Waals surface area (Å²) >= 11 is 0. The Kier molecular flexibility index (Phi) is 4.10. The first-order valence-electron chi connectivity index (χ1n) is 6.19. The molecule has 18 heavy (non-hydrogen) atoms. The number of morpholine rings is 1. The number of aryl methyl sites for hydroxylation is 1.